The Morgan fingerprint density at radius 1 is 1.04 bits per heavy atom. The van der Waals surface area contributed by atoms with E-state index in [1.54, 1.807) is 0 Å². The second-order valence-corrected chi connectivity index (χ2v) is 12.1. The summed E-state index contributed by atoms with van der Waals surface area (Å²) in [6.45, 7) is 5.73. The molecule has 4 rings (SSSR count). The second kappa shape index (κ2) is 13.8. The zero-order valence-corrected chi connectivity index (χ0v) is 25.0. The van der Waals surface area contributed by atoms with Crippen LogP contribution in [0, 0.1) is 5.82 Å². The van der Waals surface area contributed by atoms with Crippen LogP contribution in [0.3, 0.4) is 0 Å². The minimum atomic E-state index is -5.41. The summed E-state index contributed by atoms with van der Waals surface area (Å²) in [6.07, 6.45) is -4.94. The average Bonchev–Trinajstić information content (AvgIpc) is 2.95. The number of anilines is 1. The van der Waals surface area contributed by atoms with Crippen LogP contribution in [0.25, 0.3) is 11.1 Å². The van der Waals surface area contributed by atoms with Gasteiger partial charge in [0.1, 0.15) is 22.9 Å². The summed E-state index contributed by atoms with van der Waals surface area (Å²) in [5.41, 5.74) is -0.699. The molecule has 2 unspecified atom stereocenters. The molecule has 0 bridgehead atoms. The molecule has 15 heteroatoms. The Labute approximate surface area is 256 Å². The van der Waals surface area contributed by atoms with Gasteiger partial charge in [0.15, 0.2) is 0 Å². The van der Waals surface area contributed by atoms with Crippen LogP contribution in [0.4, 0.5) is 23.2 Å². The Balaban J connectivity index is 1.52. The highest BCUT2D eigenvalue weighted by atomic mass is 32.2. The van der Waals surface area contributed by atoms with Crippen molar-refractivity contribution in [1.82, 2.24) is 4.90 Å². The third-order valence-electron chi connectivity index (χ3n) is 6.65. The number of aromatic hydroxyl groups is 1. The van der Waals surface area contributed by atoms with E-state index in [1.807, 2.05) is 13.8 Å². The number of esters is 2. The van der Waals surface area contributed by atoms with Gasteiger partial charge in [-0.05, 0) is 68.3 Å². The molecule has 3 aromatic rings. The van der Waals surface area contributed by atoms with Crippen LogP contribution in [0.5, 0.6) is 11.5 Å². The molecule has 10 nitrogen and oxygen atoms in total. The van der Waals surface area contributed by atoms with Crippen LogP contribution in [0.2, 0.25) is 0 Å². The minimum absolute atomic E-state index is 0.0188. The fraction of sp³-hybridized carbons (Fsp3) is 0.333. The molecular formula is C30H30F4N2O8S. The maximum absolute atomic E-state index is 13.7. The maximum Gasteiger partial charge on any atom is 0.491 e. The third kappa shape index (κ3) is 8.93. The molecule has 1 heterocycles. The highest BCUT2D eigenvalue weighted by molar-refractivity contribution is 7.92. The van der Waals surface area contributed by atoms with Crippen molar-refractivity contribution in [1.29, 1.82) is 0 Å². The van der Waals surface area contributed by atoms with Crippen molar-refractivity contribution in [3.8, 4) is 22.6 Å². The lowest BCUT2D eigenvalue weighted by atomic mass is 10.0. The molecule has 242 valence electrons. The molecule has 3 aromatic carbocycles. The van der Waals surface area contributed by atoms with E-state index in [-0.39, 0.29) is 46.3 Å². The summed E-state index contributed by atoms with van der Waals surface area (Å²) in [7, 11) is -4.43. The first-order chi connectivity index (χ1) is 21.1. The molecule has 0 radical (unpaired) electrons. The summed E-state index contributed by atoms with van der Waals surface area (Å²) in [4.78, 5) is 26.2. The van der Waals surface area contributed by atoms with Gasteiger partial charge in [0.25, 0.3) is 10.0 Å². The van der Waals surface area contributed by atoms with Gasteiger partial charge >= 0.3 is 18.1 Å². The molecule has 1 aliphatic heterocycles. The smallest absolute Gasteiger partial charge is 0.491 e. The van der Waals surface area contributed by atoms with E-state index in [2.05, 4.69) is 14.4 Å². The number of nitrogens with zero attached hydrogens (tertiary/aromatic N) is 1. The predicted molar refractivity (Wildman–Crippen MR) is 154 cm³/mol. The van der Waals surface area contributed by atoms with Crippen LogP contribution in [-0.4, -0.2) is 75.0 Å². The molecule has 0 spiro atoms. The Bertz CT molecular complexity index is 1660. The van der Waals surface area contributed by atoms with Gasteiger partial charge in [0.2, 0.25) is 0 Å². The Morgan fingerprint density at radius 3 is 2.44 bits per heavy atom. The van der Waals surface area contributed by atoms with Gasteiger partial charge in [-0.1, -0.05) is 12.1 Å². The number of nitrogens with one attached hydrogen (secondary N) is 1. The van der Waals surface area contributed by atoms with Gasteiger partial charge in [0.05, 0.1) is 29.4 Å². The highest BCUT2D eigenvalue weighted by Gasteiger charge is 2.42. The minimum Gasteiger partial charge on any atom is -0.507 e. The number of phenolic OH excluding ortho intramolecular Hbond substituents is 1. The van der Waals surface area contributed by atoms with E-state index in [9.17, 15) is 40.7 Å². The molecule has 1 saturated heterocycles. The number of carbonyl (C=O) groups is 2. The largest absolute Gasteiger partial charge is 0.507 e. The van der Waals surface area contributed by atoms with Crippen molar-refractivity contribution in [2.24, 2.45) is 0 Å². The number of benzene rings is 3. The fourth-order valence-electron chi connectivity index (χ4n) is 4.78. The van der Waals surface area contributed by atoms with E-state index < -0.39 is 45.3 Å². The SMILES string of the molecule is CC1CN(CCCOC(=O)c2ccc(NS(=O)(=O)c3cccc(-c4cc(F)ccc4O)c3)cc2OC(=O)C(F)(F)F)CC(C)O1. The number of alkyl halides is 3. The van der Waals surface area contributed by atoms with Crippen LogP contribution in [0.1, 0.15) is 30.6 Å². The van der Waals surface area contributed by atoms with Gasteiger partial charge in [0, 0.05) is 31.3 Å². The Kier molecular flexibility index (Phi) is 10.4. The summed E-state index contributed by atoms with van der Waals surface area (Å²) in [6, 6.07) is 11.0. The number of ether oxygens (including phenoxy) is 3. The Morgan fingerprint density at radius 2 is 1.76 bits per heavy atom. The quantitative estimate of drug-likeness (QED) is 0.132. The molecule has 0 amide bonds. The molecular weight excluding hydrogens is 624 g/mol. The number of hydrogen-bond donors (Lipinski definition) is 2. The van der Waals surface area contributed by atoms with Gasteiger partial charge < -0.3 is 19.3 Å². The van der Waals surface area contributed by atoms with Crippen molar-refractivity contribution in [2.75, 3.05) is 31.0 Å². The van der Waals surface area contributed by atoms with E-state index in [0.29, 0.717) is 26.1 Å². The van der Waals surface area contributed by atoms with Crippen molar-refractivity contribution >= 4 is 27.6 Å². The first-order valence-corrected chi connectivity index (χ1v) is 15.2. The van der Waals surface area contributed by atoms with Crippen molar-refractivity contribution in [2.45, 2.75) is 43.5 Å². The lowest BCUT2D eigenvalue weighted by molar-refractivity contribution is -0.189. The first-order valence-electron chi connectivity index (χ1n) is 13.7. The summed E-state index contributed by atoms with van der Waals surface area (Å²) >= 11 is 0. The van der Waals surface area contributed by atoms with Gasteiger partial charge in [-0.25, -0.2) is 22.4 Å². The summed E-state index contributed by atoms with van der Waals surface area (Å²) in [5.74, 6) is -5.56. The number of phenols is 1. The van der Waals surface area contributed by atoms with Crippen LogP contribution < -0.4 is 9.46 Å². The number of halogens is 4. The number of rotatable bonds is 10. The maximum atomic E-state index is 13.7. The topological polar surface area (TPSA) is 131 Å². The monoisotopic (exact) mass is 654 g/mol. The predicted octanol–water partition coefficient (Wildman–Crippen LogP) is 5.12. The molecule has 1 fully saturated rings. The molecule has 0 saturated carbocycles. The average molecular weight is 655 g/mol. The van der Waals surface area contributed by atoms with Crippen molar-refractivity contribution in [3.63, 3.8) is 0 Å². The van der Waals surface area contributed by atoms with Crippen molar-refractivity contribution in [3.05, 3.63) is 72.0 Å². The normalized spacial score (nSPS) is 17.5. The molecule has 45 heavy (non-hydrogen) atoms. The van der Waals surface area contributed by atoms with E-state index >= 15 is 0 Å². The zero-order valence-electron chi connectivity index (χ0n) is 24.1. The third-order valence-corrected chi connectivity index (χ3v) is 8.03. The van der Waals surface area contributed by atoms with Crippen molar-refractivity contribution < 1.29 is 54.9 Å². The van der Waals surface area contributed by atoms with Crippen LogP contribution >= 0.6 is 0 Å². The van der Waals surface area contributed by atoms with Gasteiger partial charge in [-0.3, -0.25) is 9.62 Å². The molecule has 0 aromatic heterocycles. The van der Waals surface area contributed by atoms with E-state index in [0.717, 1.165) is 42.5 Å². The number of morpholine rings is 1. The number of hydrogen-bond acceptors (Lipinski definition) is 9. The standard InChI is InChI=1S/C30H30F4N2O8S/c1-18-16-36(17-19(2)43-18)11-4-12-42-28(38)24-9-8-22(15-27(24)44-29(39)30(32,33)34)35-45(40,41)23-6-3-5-20(13-23)25-14-21(31)7-10-26(25)37/h3,5-10,13-15,18-19,35,37H,4,11-12,16-17H2,1-2H3. The lowest BCUT2D eigenvalue weighted by Gasteiger charge is -2.35. The van der Waals surface area contributed by atoms with Gasteiger partial charge in [-0.15, -0.1) is 0 Å². The summed E-state index contributed by atoms with van der Waals surface area (Å²) < 4.78 is 96.6. The van der Waals surface area contributed by atoms with Crippen LogP contribution in [0.15, 0.2) is 65.6 Å². The fourth-order valence-corrected chi connectivity index (χ4v) is 5.87. The highest BCUT2D eigenvalue weighted by Crippen LogP contribution is 2.32. The van der Waals surface area contributed by atoms with Crippen LogP contribution in [-0.2, 0) is 24.3 Å². The Hall–Kier alpha value is -4.21. The van der Waals surface area contributed by atoms with E-state index in [4.69, 9.17) is 9.47 Å². The lowest BCUT2D eigenvalue weighted by Crippen LogP contribution is -2.45. The number of sulfonamides is 1. The molecule has 1 aliphatic rings. The van der Waals surface area contributed by atoms with E-state index in [1.165, 1.54) is 18.2 Å². The molecule has 2 atom stereocenters. The zero-order chi connectivity index (χ0) is 32.9. The second-order valence-electron chi connectivity index (χ2n) is 10.4. The summed E-state index contributed by atoms with van der Waals surface area (Å²) in [5, 5.41) is 10.1. The number of carbonyl (C=O) groups excluding carboxylic acids is 2. The molecule has 2 N–H and O–H groups in total. The van der Waals surface area contributed by atoms with Gasteiger partial charge in [-0.2, -0.15) is 13.2 Å². The molecule has 0 aliphatic carbocycles. The first kappa shape index (κ1) is 33.7.